The van der Waals surface area contributed by atoms with Crippen LogP contribution in [0.25, 0.3) is 10.9 Å². The van der Waals surface area contributed by atoms with E-state index in [1.165, 1.54) is 0 Å². The summed E-state index contributed by atoms with van der Waals surface area (Å²) in [6.45, 7) is 5.98. The van der Waals surface area contributed by atoms with Gasteiger partial charge >= 0.3 is 5.97 Å². The Morgan fingerprint density at radius 3 is 2.43 bits per heavy atom. The van der Waals surface area contributed by atoms with E-state index in [0.29, 0.717) is 17.8 Å². The van der Waals surface area contributed by atoms with Gasteiger partial charge in [0.05, 0.1) is 12.1 Å². The smallest absolute Gasteiger partial charge is 0.344 e. The number of aliphatic hydroxyl groups excluding tert-OH is 1. The van der Waals surface area contributed by atoms with Crippen LogP contribution in [-0.4, -0.2) is 27.2 Å². The normalized spacial score (nSPS) is 15.5. The lowest BCUT2D eigenvalue weighted by Crippen LogP contribution is -2.21. The summed E-state index contributed by atoms with van der Waals surface area (Å²) in [4.78, 5) is 24.9. The molecule has 0 saturated carbocycles. The van der Waals surface area contributed by atoms with E-state index in [-0.39, 0.29) is 12.2 Å². The van der Waals surface area contributed by atoms with Gasteiger partial charge in [-0.3, -0.25) is 4.79 Å². The molecule has 3 aromatic rings. The van der Waals surface area contributed by atoms with Crippen molar-refractivity contribution in [2.75, 3.05) is 5.32 Å². The summed E-state index contributed by atoms with van der Waals surface area (Å²) in [6, 6.07) is 15.5. The number of hydrogen-bond donors (Lipinski definition) is 2. The molecule has 1 aliphatic heterocycles. The summed E-state index contributed by atoms with van der Waals surface area (Å²) in [7, 11) is 0. The maximum absolute atomic E-state index is 12.7. The zero-order chi connectivity index (χ0) is 21.5. The molecular formula is C24H24N2O4. The number of esters is 1. The van der Waals surface area contributed by atoms with Crippen LogP contribution in [-0.2, 0) is 27.5 Å². The highest BCUT2D eigenvalue weighted by Gasteiger charge is 2.40. The Labute approximate surface area is 174 Å². The van der Waals surface area contributed by atoms with E-state index in [1.807, 2.05) is 54.7 Å². The minimum Gasteiger partial charge on any atom is -0.451 e. The molecule has 0 fully saturated rings. The van der Waals surface area contributed by atoms with Crippen molar-refractivity contribution in [1.82, 2.24) is 4.57 Å². The molecule has 0 saturated heterocycles. The number of aromatic nitrogens is 1. The van der Waals surface area contributed by atoms with Crippen LogP contribution >= 0.6 is 0 Å². The molecule has 2 heterocycles. The van der Waals surface area contributed by atoms with Gasteiger partial charge in [0.25, 0.3) is 5.91 Å². The molecule has 0 bridgehead atoms. The van der Waals surface area contributed by atoms with Crippen molar-refractivity contribution >= 4 is 28.5 Å². The average Bonchev–Trinajstić information content (AvgIpc) is 3.19. The number of cyclic esters (lactones) is 1. The third-order valence-electron chi connectivity index (χ3n) is 5.65. The monoisotopic (exact) mass is 404 g/mol. The minimum atomic E-state index is -0.770. The number of amides is 1. The van der Waals surface area contributed by atoms with E-state index in [2.05, 4.69) is 9.88 Å². The molecule has 0 aliphatic carbocycles. The second kappa shape index (κ2) is 7.46. The lowest BCUT2D eigenvalue weighted by atomic mass is 9.97. The van der Waals surface area contributed by atoms with Crippen LogP contribution in [0.2, 0.25) is 0 Å². The van der Waals surface area contributed by atoms with Crippen molar-refractivity contribution in [1.29, 1.82) is 0 Å². The molecule has 0 radical (unpaired) electrons. The molecule has 2 aromatic carbocycles. The molecule has 1 aromatic heterocycles. The first-order chi connectivity index (χ1) is 14.3. The number of carbonyl (C=O) groups excluding carboxylic acids is 2. The first-order valence-electron chi connectivity index (χ1n) is 9.82. The Morgan fingerprint density at radius 2 is 1.80 bits per heavy atom. The zero-order valence-electron chi connectivity index (χ0n) is 17.2. The van der Waals surface area contributed by atoms with Gasteiger partial charge in [-0.1, -0.05) is 30.3 Å². The van der Waals surface area contributed by atoms with Gasteiger partial charge < -0.3 is 19.7 Å². The van der Waals surface area contributed by atoms with E-state index in [9.17, 15) is 14.7 Å². The Balaban J connectivity index is 1.59. The molecule has 0 unspecified atom stereocenters. The number of nitrogens with zero attached hydrogens (tertiary/aromatic N) is 1. The summed E-state index contributed by atoms with van der Waals surface area (Å²) in [5, 5.41) is 13.1. The van der Waals surface area contributed by atoms with Crippen molar-refractivity contribution in [2.24, 2.45) is 0 Å². The highest BCUT2D eigenvalue weighted by molar-refractivity contribution is 6.23. The first-order valence-corrected chi connectivity index (χ1v) is 9.82. The standard InChI is InChI=1S/C24H24N2O4/c1-15-21(23(29)30-24(15,2)3)22(28)25-19-9-8-18-10-11-26(20(18)12-19)13-16-4-6-17(14-27)7-5-16/h4-12,27H,13-14H2,1-3H3,(H,25,28). The summed E-state index contributed by atoms with van der Waals surface area (Å²) in [6.07, 6.45) is 2.00. The van der Waals surface area contributed by atoms with Gasteiger partial charge in [-0.2, -0.15) is 0 Å². The van der Waals surface area contributed by atoms with Gasteiger partial charge in [-0.05, 0) is 61.1 Å². The van der Waals surface area contributed by atoms with Gasteiger partial charge in [0.1, 0.15) is 11.2 Å². The van der Waals surface area contributed by atoms with Gasteiger partial charge in [0, 0.05) is 18.4 Å². The molecule has 0 spiro atoms. The van der Waals surface area contributed by atoms with Gasteiger partial charge in [-0.15, -0.1) is 0 Å². The Hall–Kier alpha value is -3.38. The van der Waals surface area contributed by atoms with E-state index in [1.54, 1.807) is 20.8 Å². The molecule has 154 valence electrons. The SMILES string of the molecule is CC1=C(C(=O)Nc2ccc3ccn(Cc4ccc(CO)cc4)c3c2)C(=O)OC1(C)C. The maximum atomic E-state index is 12.7. The molecule has 6 nitrogen and oxygen atoms in total. The number of carbonyl (C=O) groups is 2. The first kappa shape index (κ1) is 19.9. The van der Waals surface area contributed by atoms with Crippen molar-refractivity contribution in [2.45, 2.75) is 39.5 Å². The molecule has 30 heavy (non-hydrogen) atoms. The van der Waals surface area contributed by atoms with Crippen molar-refractivity contribution < 1.29 is 19.4 Å². The topological polar surface area (TPSA) is 80.6 Å². The molecule has 1 amide bonds. The molecule has 4 rings (SSSR count). The number of fused-ring (bicyclic) bond motifs is 1. The molecule has 6 heteroatoms. The van der Waals surface area contributed by atoms with Crippen LogP contribution in [0.15, 0.2) is 65.9 Å². The molecular weight excluding hydrogens is 380 g/mol. The number of rotatable bonds is 5. The van der Waals surface area contributed by atoms with E-state index in [4.69, 9.17) is 4.74 Å². The van der Waals surface area contributed by atoms with Crippen LogP contribution in [0.4, 0.5) is 5.69 Å². The summed E-state index contributed by atoms with van der Waals surface area (Å²) in [5.74, 6) is -1.05. The number of aliphatic hydroxyl groups is 1. The minimum absolute atomic E-state index is 0.0242. The zero-order valence-corrected chi connectivity index (χ0v) is 17.2. The fourth-order valence-corrected chi connectivity index (χ4v) is 3.62. The summed E-state index contributed by atoms with van der Waals surface area (Å²) in [5.41, 5.74) is 3.49. The number of ether oxygens (including phenoxy) is 1. The number of anilines is 1. The second-order valence-corrected chi connectivity index (χ2v) is 8.05. The predicted molar refractivity (Wildman–Crippen MR) is 115 cm³/mol. The summed E-state index contributed by atoms with van der Waals surface area (Å²) < 4.78 is 7.39. The Kier molecular flexibility index (Phi) is 4.95. The third kappa shape index (κ3) is 3.62. The van der Waals surface area contributed by atoms with Gasteiger partial charge in [-0.25, -0.2) is 4.79 Å². The van der Waals surface area contributed by atoms with Crippen molar-refractivity contribution in [3.63, 3.8) is 0 Å². The van der Waals surface area contributed by atoms with E-state index < -0.39 is 17.5 Å². The van der Waals surface area contributed by atoms with Gasteiger partial charge in [0.15, 0.2) is 0 Å². The highest BCUT2D eigenvalue weighted by atomic mass is 16.6. The molecule has 0 atom stereocenters. The van der Waals surface area contributed by atoms with Gasteiger partial charge in [0.2, 0.25) is 0 Å². The quantitative estimate of drug-likeness (QED) is 0.501. The van der Waals surface area contributed by atoms with E-state index in [0.717, 1.165) is 22.0 Å². The van der Waals surface area contributed by atoms with E-state index >= 15 is 0 Å². The predicted octanol–water partition coefficient (Wildman–Crippen LogP) is 3.77. The largest absolute Gasteiger partial charge is 0.451 e. The third-order valence-corrected chi connectivity index (χ3v) is 5.65. The lowest BCUT2D eigenvalue weighted by molar-refractivity contribution is -0.145. The fourth-order valence-electron chi connectivity index (χ4n) is 3.62. The van der Waals surface area contributed by atoms with Crippen LogP contribution < -0.4 is 5.32 Å². The lowest BCUT2D eigenvalue weighted by Gasteiger charge is -2.17. The highest BCUT2D eigenvalue weighted by Crippen LogP contribution is 2.32. The van der Waals surface area contributed by atoms with Crippen LogP contribution in [0.1, 0.15) is 31.9 Å². The van der Waals surface area contributed by atoms with Crippen LogP contribution in [0, 0.1) is 0 Å². The Bertz CT molecular complexity index is 1170. The number of benzene rings is 2. The fraction of sp³-hybridized carbons (Fsp3) is 0.250. The number of nitrogens with one attached hydrogen (secondary N) is 1. The molecule has 2 N–H and O–H groups in total. The second-order valence-electron chi connectivity index (χ2n) is 8.05. The Morgan fingerprint density at radius 1 is 1.10 bits per heavy atom. The maximum Gasteiger partial charge on any atom is 0.344 e. The summed E-state index contributed by atoms with van der Waals surface area (Å²) >= 11 is 0. The van der Waals surface area contributed by atoms with Crippen molar-refractivity contribution in [3.05, 3.63) is 77.0 Å². The van der Waals surface area contributed by atoms with Crippen LogP contribution in [0.3, 0.4) is 0 Å². The molecule has 1 aliphatic rings. The van der Waals surface area contributed by atoms with Crippen molar-refractivity contribution in [3.8, 4) is 0 Å². The number of hydrogen-bond acceptors (Lipinski definition) is 4. The average molecular weight is 404 g/mol. The van der Waals surface area contributed by atoms with Crippen LogP contribution in [0.5, 0.6) is 0 Å².